The van der Waals surface area contributed by atoms with Crippen LogP contribution in [-0.4, -0.2) is 40.7 Å². The number of rotatable bonds is 7. The first kappa shape index (κ1) is 18.3. The zero-order chi connectivity index (χ0) is 18.6. The van der Waals surface area contributed by atoms with Gasteiger partial charge in [0.15, 0.2) is 23.0 Å². The van der Waals surface area contributed by atoms with E-state index in [0.29, 0.717) is 34.1 Å². The summed E-state index contributed by atoms with van der Waals surface area (Å²) in [6.07, 6.45) is 0. The van der Waals surface area contributed by atoms with Crippen LogP contribution in [0, 0.1) is 0 Å². The van der Waals surface area contributed by atoms with Gasteiger partial charge in [0, 0.05) is 5.56 Å². The summed E-state index contributed by atoms with van der Waals surface area (Å²) >= 11 is 0. The Balaban J connectivity index is 2.60. The van der Waals surface area contributed by atoms with Gasteiger partial charge in [-0.25, -0.2) is 0 Å². The number of ether oxygens (including phenoxy) is 5. The number of hydrogen-bond acceptors (Lipinski definition) is 6. The lowest BCUT2D eigenvalue weighted by atomic mass is 9.97. The van der Waals surface area contributed by atoms with Crippen molar-refractivity contribution in [2.75, 3.05) is 35.5 Å². The third kappa shape index (κ3) is 3.28. The molecule has 0 saturated heterocycles. The Labute approximate surface area is 147 Å². The lowest BCUT2D eigenvalue weighted by Crippen LogP contribution is -1.99. The Bertz CT molecular complexity index is 757. The molecular weight excluding hydrogens is 324 g/mol. The summed E-state index contributed by atoms with van der Waals surface area (Å²) in [5, 5.41) is 10.3. The Morgan fingerprint density at radius 3 is 1.72 bits per heavy atom. The topological polar surface area (TPSA) is 66.4 Å². The molecule has 0 aromatic heterocycles. The maximum absolute atomic E-state index is 10.3. The fourth-order valence-electron chi connectivity index (χ4n) is 2.57. The van der Waals surface area contributed by atoms with Gasteiger partial charge in [-0.3, -0.25) is 0 Å². The quantitative estimate of drug-likeness (QED) is 0.828. The Morgan fingerprint density at radius 2 is 1.28 bits per heavy atom. The minimum Gasteiger partial charge on any atom is -0.502 e. The van der Waals surface area contributed by atoms with E-state index in [1.54, 1.807) is 45.6 Å². The zero-order valence-corrected chi connectivity index (χ0v) is 15.0. The molecule has 0 aliphatic carbocycles. The molecule has 0 aliphatic heterocycles. The Hall–Kier alpha value is -3.02. The standard InChI is InChI=1S/C19H22O6/c1-11(13-7-8-14(21-2)17(20)18(13)24-5)12-9-15(22-3)19(25-6)16(10-12)23-4/h7-10,20H,1H2,2-6H3. The van der Waals surface area contributed by atoms with Crippen molar-refractivity contribution >= 4 is 5.57 Å². The molecule has 25 heavy (non-hydrogen) atoms. The lowest BCUT2D eigenvalue weighted by molar-refractivity contribution is 0.324. The van der Waals surface area contributed by atoms with E-state index in [-0.39, 0.29) is 11.5 Å². The second-order valence-corrected chi connectivity index (χ2v) is 5.09. The number of hydrogen-bond donors (Lipinski definition) is 1. The van der Waals surface area contributed by atoms with Crippen molar-refractivity contribution in [3.05, 3.63) is 42.0 Å². The zero-order valence-electron chi connectivity index (χ0n) is 15.0. The second-order valence-electron chi connectivity index (χ2n) is 5.09. The van der Waals surface area contributed by atoms with Crippen molar-refractivity contribution in [3.63, 3.8) is 0 Å². The summed E-state index contributed by atoms with van der Waals surface area (Å²) in [4.78, 5) is 0. The van der Waals surface area contributed by atoms with Gasteiger partial charge < -0.3 is 28.8 Å². The van der Waals surface area contributed by atoms with Gasteiger partial charge in [-0.1, -0.05) is 6.58 Å². The molecule has 1 N–H and O–H groups in total. The number of phenolic OH excluding ortho intramolecular Hbond substituents is 1. The third-order valence-electron chi connectivity index (χ3n) is 3.86. The third-order valence-corrected chi connectivity index (χ3v) is 3.86. The van der Waals surface area contributed by atoms with Crippen LogP contribution in [0.1, 0.15) is 11.1 Å². The second kappa shape index (κ2) is 7.70. The number of benzene rings is 2. The predicted octanol–water partition coefficient (Wildman–Crippen LogP) is 3.50. The fraction of sp³-hybridized carbons (Fsp3) is 0.263. The highest BCUT2D eigenvalue weighted by molar-refractivity contribution is 5.85. The Kier molecular flexibility index (Phi) is 5.64. The van der Waals surface area contributed by atoms with Crippen LogP contribution in [0.4, 0.5) is 0 Å². The van der Waals surface area contributed by atoms with Crippen LogP contribution in [0.25, 0.3) is 5.57 Å². The van der Waals surface area contributed by atoms with Crippen molar-refractivity contribution in [3.8, 4) is 34.5 Å². The fourth-order valence-corrected chi connectivity index (χ4v) is 2.57. The molecule has 2 aromatic rings. The molecule has 6 nitrogen and oxygen atoms in total. The average molecular weight is 346 g/mol. The molecular formula is C19H22O6. The van der Waals surface area contributed by atoms with Gasteiger partial charge in [-0.15, -0.1) is 0 Å². The molecule has 0 bridgehead atoms. The van der Waals surface area contributed by atoms with E-state index < -0.39 is 0 Å². The SMILES string of the molecule is C=C(c1cc(OC)c(OC)c(OC)c1)c1ccc(OC)c(O)c1OC. The van der Waals surface area contributed by atoms with Crippen LogP contribution < -0.4 is 23.7 Å². The van der Waals surface area contributed by atoms with E-state index in [9.17, 15) is 5.11 Å². The summed E-state index contributed by atoms with van der Waals surface area (Å²) in [5.74, 6) is 2.02. The molecule has 0 spiro atoms. The molecule has 2 aromatic carbocycles. The van der Waals surface area contributed by atoms with Crippen LogP contribution in [0.5, 0.6) is 34.5 Å². The van der Waals surface area contributed by atoms with Crippen LogP contribution >= 0.6 is 0 Å². The first-order valence-electron chi connectivity index (χ1n) is 7.45. The molecule has 0 unspecified atom stereocenters. The van der Waals surface area contributed by atoms with Gasteiger partial charge in [0.1, 0.15) is 0 Å². The van der Waals surface area contributed by atoms with Crippen molar-refractivity contribution in [2.24, 2.45) is 0 Å². The number of methoxy groups -OCH3 is 5. The van der Waals surface area contributed by atoms with Gasteiger partial charge in [0.2, 0.25) is 11.5 Å². The molecule has 2 rings (SSSR count). The monoisotopic (exact) mass is 346 g/mol. The van der Waals surface area contributed by atoms with Crippen LogP contribution in [0.2, 0.25) is 0 Å². The predicted molar refractivity (Wildman–Crippen MR) is 95.4 cm³/mol. The molecule has 0 heterocycles. The molecule has 0 saturated carbocycles. The van der Waals surface area contributed by atoms with Crippen molar-refractivity contribution in [2.45, 2.75) is 0 Å². The molecule has 0 radical (unpaired) electrons. The van der Waals surface area contributed by atoms with E-state index in [1.807, 2.05) is 0 Å². The first-order valence-corrected chi connectivity index (χ1v) is 7.45. The van der Waals surface area contributed by atoms with E-state index in [2.05, 4.69) is 6.58 Å². The Morgan fingerprint density at radius 1 is 0.760 bits per heavy atom. The summed E-state index contributed by atoms with van der Waals surface area (Å²) in [6, 6.07) is 6.98. The van der Waals surface area contributed by atoms with Crippen molar-refractivity contribution in [1.82, 2.24) is 0 Å². The van der Waals surface area contributed by atoms with Crippen molar-refractivity contribution in [1.29, 1.82) is 0 Å². The maximum Gasteiger partial charge on any atom is 0.203 e. The van der Waals surface area contributed by atoms with Gasteiger partial charge in [-0.05, 0) is 35.4 Å². The van der Waals surface area contributed by atoms with Crippen LogP contribution in [-0.2, 0) is 0 Å². The summed E-state index contributed by atoms with van der Waals surface area (Å²) < 4.78 is 26.5. The smallest absolute Gasteiger partial charge is 0.203 e. The summed E-state index contributed by atoms with van der Waals surface area (Å²) in [6.45, 7) is 4.12. The molecule has 0 amide bonds. The van der Waals surface area contributed by atoms with Gasteiger partial charge in [-0.2, -0.15) is 0 Å². The van der Waals surface area contributed by atoms with Crippen LogP contribution in [0.3, 0.4) is 0 Å². The molecule has 0 aliphatic rings. The number of phenols is 1. The summed E-state index contributed by atoms with van der Waals surface area (Å²) in [5.41, 5.74) is 1.97. The lowest BCUT2D eigenvalue weighted by Gasteiger charge is -2.17. The highest BCUT2D eigenvalue weighted by Crippen LogP contribution is 2.45. The van der Waals surface area contributed by atoms with Gasteiger partial charge in [0.25, 0.3) is 0 Å². The molecule has 0 fully saturated rings. The highest BCUT2D eigenvalue weighted by Gasteiger charge is 2.20. The van der Waals surface area contributed by atoms with Gasteiger partial charge >= 0.3 is 0 Å². The maximum atomic E-state index is 10.3. The normalized spacial score (nSPS) is 10.1. The number of aromatic hydroxyl groups is 1. The van der Waals surface area contributed by atoms with E-state index in [4.69, 9.17) is 23.7 Å². The molecule has 134 valence electrons. The van der Waals surface area contributed by atoms with Crippen molar-refractivity contribution < 1.29 is 28.8 Å². The average Bonchev–Trinajstić information content (AvgIpc) is 2.65. The molecule has 6 heteroatoms. The minimum absolute atomic E-state index is 0.0870. The van der Waals surface area contributed by atoms with Gasteiger partial charge in [0.05, 0.1) is 35.5 Å². The summed E-state index contributed by atoms with van der Waals surface area (Å²) in [7, 11) is 7.58. The van der Waals surface area contributed by atoms with E-state index >= 15 is 0 Å². The largest absolute Gasteiger partial charge is 0.502 e. The van der Waals surface area contributed by atoms with Crippen LogP contribution in [0.15, 0.2) is 30.8 Å². The first-order chi connectivity index (χ1) is 12.0. The van der Waals surface area contributed by atoms with E-state index in [1.165, 1.54) is 14.2 Å². The minimum atomic E-state index is -0.0870. The van der Waals surface area contributed by atoms with E-state index in [0.717, 1.165) is 5.56 Å². The highest BCUT2D eigenvalue weighted by atomic mass is 16.5. The molecule has 0 atom stereocenters.